The molecule has 11 rings (SSSR count). The van der Waals surface area contributed by atoms with Crippen molar-refractivity contribution >= 4 is 11.8 Å². The first-order valence-electron chi connectivity index (χ1n) is 19.3. The molecule has 0 fully saturated rings. The van der Waals surface area contributed by atoms with Crippen molar-refractivity contribution < 1.29 is 0 Å². The molecule has 8 aromatic carbocycles. The van der Waals surface area contributed by atoms with Gasteiger partial charge in [0.25, 0.3) is 0 Å². The van der Waals surface area contributed by atoms with Crippen molar-refractivity contribution in [2.45, 2.75) is 15.2 Å². The van der Waals surface area contributed by atoms with E-state index >= 15 is 0 Å². The summed E-state index contributed by atoms with van der Waals surface area (Å²) >= 11 is 1.85. The van der Waals surface area contributed by atoms with Crippen LogP contribution in [0.4, 0.5) is 0 Å². The van der Waals surface area contributed by atoms with Gasteiger partial charge in [-0.05, 0) is 86.0 Å². The molecule has 0 atom stereocenters. The molecule has 2 heterocycles. The summed E-state index contributed by atoms with van der Waals surface area (Å²) in [5.74, 6) is 1.91. The van der Waals surface area contributed by atoms with Gasteiger partial charge in [0.15, 0.2) is 17.5 Å². The van der Waals surface area contributed by atoms with Crippen molar-refractivity contribution in [3.8, 4) is 73.6 Å². The number of nitriles is 1. The van der Waals surface area contributed by atoms with Gasteiger partial charge in [-0.3, -0.25) is 0 Å². The molecule has 5 heteroatoms. The van der Waals surface area contributed by atoms with Gasteiger partial charge in [-0.15, -0.1) is 0 Å². The minimum absolute atomic E-state index is 0.534. The molecule has 0 radical (unpaired) electrons. The Kier molecular flexibility index (Phi) is 7.99. The maximum Gasteiger partial charge on any atom is 0.164 e. The molecule has 0 amide bonds. The summed E-state index contributed by atoms with van der Waals surface area (Å²) in [4.78, 5) is 17.4. The van der Waals surface area contributed by atoms with Crippen LogP contribution in [0.5, 0.6) is 0 Å². The monoisotopic (exact) mass is 756 g/mol. The molecule has 0 saturated heterocycles. The van der Waals surface area contributed by atoms with Gasteiger partial charge in [0.1, 0.15) is 0 Å². The van der Waals surface area contributed by atoms with E-state index in [4.69, 9.17) is 15.0 Å². The quantitative estimate of drug-likeness (QED) is 0.175. The standard InChI is InChI=1S/C53H32N4S/c54-33-34-22-24-36(25-23-34)41-16-11-19-45-49(41)42-31-30-40(32-46(42)53(45)43-17-7-9-20-47(43)58-48-21-10-8-18-44(48)53)35-26-28-39(29-27-35)52-56-50(37-12-3-1-4-13-37)55-51(57-52)38-14-5-2-6-15-38/h1-32H. The van der Waals surface area contributed by atoms with Crippen LogP contribution in [-0.2, 0) is 5.41 Å². The Morgan fingerprint density at radius 2 is 0.862 bits per heavy atom. The highest BCUT2D eigenvalue weighted by atomic mass is 32.2. The molecule has 4 nitrogen and oxygen atoms in total. The summed E-state index contributed by atoms with van der Waals surface area (Å²) in [7, 11) is 0. The Bertz CT molecular complexity index is 2980. The van der Waals surface area contributed by atoms with Crippen LogP contribution in [-0.4, -0.2) is 15.0 Å². The topological polar surface area (TPSA) is 62.5 Å². The van der Waals surface area contributed by atoms with Crippen LogP contribution >= 0.6 is 11.8 Å². The smallest absolute Gasteiger partial charge is 0.164 e. The molecule has 0 N–H and O–H groups in total. The zero-order valence-corrected chi connectivity index (χ0v) is 32.0. The third kappa shape index (κ3) is 5.34. The zero-order valence-electron chi connectivity index (χ0n) is 31.2. The van der Waals surface area contributed by atoms with Crippen molar-refractivity contribution in [3.05, 3.63) is 222 Å². The van der Waals surface area contributed by atoms with E-state index in [1.165, 1.54) is 43.2 Å². The fourth-order valence-electron chi connectivity index (χ4n) is 8.84. The molecule has 0 unspecified atom stereocenters. The highest BCUT2D eigenvalue weighted by Crippen LogP contribution is 2.63. The molecule has 9 aromatic rings. The van der Waals surface area contributed by atoms with E-state index in [-0.39, 0.29) is 0 Å². The molecule has 1 aromatic heterocycles. The molecule has 1 spiro atoms. The summed E-state index contributed by atoms with van der Waals surface area (Å²) in [6.07, 6.45) is 0. The SMILES string of the molecule is N#Cc1ccc(-c2cccc3c2-c2ccc(-c4ccc(-c5nc(-c6ccccc6)nc(-c6ccccc6)n5)cc4)cc2C32c3ccccc3Sc3ccccc32)cc1. The third-order valence-corrected chi connectivity index (χ3v) is 12.6. The van der Waals surface area contributed by atoms with Crippen LogP contribution in [0.25, 0.3) is 67.5 Å². The normalized spacial score (nSPS) is 12.9. The Morgan fingerprint density at radius 3 is 1.45 bits per heavy atom. The average molecular weight is 757 g/mol. The van der Waals surface area contributed by atoms with E-state index in [0.717, 1.165) is 38.9 Å². The van der Waals surface area contributed by atoms with Crippen molar-refractivity contribution in [1.82, 2.24) is 15.0 Å². The Balaban J connectivity index is 1.08. The summed E-state index contributed by atoms with van der Waals surface area (Å²) in [6.45, 7) is 0. The lowest BCUT2D eigenvalue weighted by Gasteiger charge is -2.39. The summed E-state index contributed by atoms with van der Waals surface area (Å²) in [6, 6.07) is 70.5. The second-order valence-electron chi connectivity index (χ2n) is 14.6. The van der Waals surface area contributed by atoms with Crippen molar-refractivity contribution in [3.63, 3.8) is 0 Å². The number of benzene rings is 8. The fourth-order valence-corrected chi connectivity index (χ4v) is 10.0. The number of aromatic nitrogens is 3. The zero-order chi connectivity index (χ0) is 38.6. The van der Waals surface area contributed by atoms with Gasteiger partial charge < -0.3 is 0 Å². The maximum atomic E-state index is 9.58. The second-order valence-corrected chi connectivity index (χ2v) is 15.7. The largest absolute Gasteiger partial charge is 0.208 e. The Hall–Kier alpha value is -7.39. The maximum absolute atomic E-state index is 9.58. The Morgan fingerprint density at radius 1 is 0.379 bits per heavy atom. The molecule has 1 aliphatic carbocycles. The lowest BCUT2D eigenvalue weighted by molar-refractivity contribution is 0.723. The lowest BCUT2D eigenvalue weighted by Crippen LogP contribution is -2.32. The number of hydrogen-bond acceptors (Lipinski definition) is 5. The number of nitrogens with zero attached hydrogens (tertiary/aromatic N) is 4. The van der Waals surface area contributed by atoms with Gasteiger partial charge in [0, 0.05) is 26.5 Å². The van der Waals surface area contributed by atoms with Crippen LogP contribution < -0.4 is 0 Å². The number of rotatable bonds is 5. The lowest BCUT2D eigenvalue weighted by atomic mass is 9.67. The van der Waals surface area contributed by atoms with Gasteiger partial charge >= 0.3 is 0 Å². The van der Waals surface area contributed by atoms with E-state index in [9.17, 15) is 5.26 Å². The predicted octanol–water partition coefficient (Wildman–Crippen LogP) is 12.9. The molecule has 2 aliphatic rings. The predicted molar refractivity (Wildman–Crippen MR) is 233 cm³/mol. The van der Waals surface area contributed by atoms with Crippen molar-refractivity contribution in [2.75, 3.05) is 0 Å². The molecule has 270 valence electrons. The van der Waals surface area contributed by atoms with Gasteiger partial charge in [-0.2, -0.15) is 5.26 Å². The summed E-state index contributed by atoms with van der Waals surface area (Å²) < 4.78 is 0. The minimum atomic E-state index is -0.534. The van der Waals surface area contributed by atoms with Crippen LogP contribution in [0, 0.1) is 11.3 Å². The van der Waals surface area contributed by atoms with E-state index in [0.29, 0.717) is 23.0 Å². The van der Waals surface area contributed by atoms with E-state index in [1.54, 1.807) is 0 Å². The minimum Gasteiger partial charge on any atom is -0.208 e. The first-order chi connectivity index (χ1) is 28.7. The van der Waals surface area contributed by atoms with Gasteiger partial charge in [0.2, 0.25) is 0 Å². The number of fused-ring (bicyclic) bond motifs is 9. The van der Waals surface area contributed by atoms with E-state index < -0.39 is 5.41 Å². The van der Waals surface area contributed by atoms with Gasteiger partial charge in [-0.1, -0.05) is 176 Å². The fraction of sp³-hybridized carbons (Fsp3) is 0.0189. The van der Waals surface area contributed by atoms with Crippen LogP contribution in [0.3, 0.4) is 0 Å². The molecule has 0 saturated carbocycles. The van der Waals surface area contributed by atoms with Crippen LogP contribution in [0.1, 0.15) is 27.8 Å². The number of hydrogen-bond donors (Lipinski definition) is 0. The van der Waals surface area contributed by atoms with Crippen LogP contribution in [0.15, 0.2) is 204 Å². The molecule has 0 bridgehead atoms. The first-order valence-corrected chi connectivity index (χ1v) is 20.1. The van der Waals surface area contributed by atoms with Crippen LogP contribution in [0.2, 0.25) is 0 Å². The second kappa shape index (κ2) is 13.7. The summed E-state index contributed by atoms with van der Waals surface area (Å²) in [5.41, 5.74) is 15.0. The Labute approximate surface area is 341 Å². The molecular formula is C53H32N4S. The summed E-state index contributed by atoms with van der Waals surface area (Å²) in [5, 5.41) is 9.58. The highest BCUT2D eigenvalue weighted by Gasteiger charge is 2.50. The van der Waals surface area contributed by atoms with Gasteiger partial charge in [0.05, 0.1) is 17.0 Å². The van der Waals surface area contributed by atoms with E-state index in [2.05, 4.69) is 127 Å². The highest BCUT2D eigenvalue weighted by molar-refractivity contribution is 7.99. The van der Waals surface area contributed by atoms with Crippen molar-refractivity contribution in [1.29, 1.82) is 5.26 Å². The van der Waals surface area contributed by atoms with Gasteiger partial charge in [-0.25, -0.2) is 15.0 Å². The molecule has 58 heavy (non-hydrogen) atoms. The third-order valence-electron chi connectivity index (χ3n) is 11.5. The molecule has 1 aliphatic heterocycles. The average Bonchev–Trinajstić information content (AvgIpc) is 3.59. The molecular weight excluding hydrogens is 725 g/mol. The first kappa shape index (κ1) is 33.9. The van der Waals surface area contributed by atoms with E-state index in [1.807, 2.05) is 84.6 Å². The van der Waals surface area contributed by atoms with Crippen molar-refractivity contribution in [2.24, 2.45) is 0 Å².